The summed E-state index contributed by atoms with van der Waals surface area (Å²) >= 11 is 6.00. The summed E-state index contributed by atoms with van der Waals surface area (Å²) in [6.07, 6.45) is 0. The van der Waals surface area contributed by atoms with Crippen molar-refractivity contribution in [2.45, 2.75) is 13.8 Å². The maximum absolute atomic E-state index is 13.4. The highest BCUT2D eigenvalue weighted by Crippen LogP contribution is 2.26. The van der Waals surface area contributed by atoms with Crippen LogP contribution in [0.15, 0.2) is 48.5 Å². The van der Waals surface area contributed by atoms with E-state index in [9.17, 15) is 9.18 Å². The van der Waals surface area contributed by atoms with Gasteiger partial charge < -0.3 is 15.1 Å². The Kier molecular flexibility index (Phi) is 6.04. The molecule has 0 bridgehead atoms. The summed E-state index contributed by atoms with van der Waals surface area (Å²) in [5.74, 6) is 1.15. The molecule has 1 aromatic heterocycles. The summed E-state index contributed by atoms with van der Waals surface area (Å²) < 4.78 is 13.4. The van der Waals surface area contributed by atoms with E-state index in [-0.39, 0.29) is 11.8 Å². The Labute approximate surface area is 185 Å². The summed E-state index contributed by atoms with van der Waals surface area (Å²) in [7, 11) is 0. The molecular formula is C23H23ClFN5O. The molecule has 8 heteroatoms. The van der Waals surface area contributed by atoms with Gasteiger partial charge in [0.15, 0.2) is 5.82 Å². The lowest BCUT2D eigenvalue weighted by atomic mass is 10.1. The SMILES string of the molecule is Cc1nc(-c2ccc(Cl)cc2)nc(N2CCN(C(=O)Nc3cccc(F)c3)CC2)c1C. The van der Waals surface area contributed by atoms with E-state index >= 15 is 0 Å². The molecule has 0 spiro atoms. The molecule has 0 atom stereocenters. The van der Waals surface area contributed by atoms with E-state index in [1.807, 2.05) is 38.1 Å². The lowest BCUT2D eigenvalue weighted by Gasteiger charge is -2.36. The predicted octanol–water partition coefficient (Wildman–Crippen LogP) is 4.91. The summed E-state index contributed by atoms with van der Waals surface area (Å²) in [6, 6.07) is 13.1. The second-order valence-corrected chi connectivity index (χ2v) is 7.94. The molecule has 4 rings (SSSR count). The topological polar surface area (TPSA) is 61.4 Å². The first-order chi connectivity index (χ1) is 14.9. The molecule has 3 aromatic rings. The number of carbonyl (C=O) groups is 1. The minimum Gasteiger partial charge on any atom is -0.353 e. The Bertz CT molecular complexity index is 1100. The quantitative estimate of drug-likeness (QED) is 0.630. The fourth-order valence-electron chi connectivity index (χ4n) is 3.54. The standard InChI is InChI=1S/C23H23ClFN5O/c1-15-16(2)26-21(17-6-8-18(24)9-7-17)28-22(15)29-10-12-30(13-11-29)23(31)27-20-5-3-4-19(25)14-20/h3-9,14H,10-13H2,1-2H3,(H,27,31). The molecule has 2 heterocycles. The zero-order valence-electron chi connectivity index (χ0n) is 17.4. The van der Waals surface area contributed by atoms with Crippen LogP contribution in [0.3, 0.4) is 0 Å². The largest absolute Gasteiger partial charge is 0.353 e. The monoisotopic (exact) mass is 439 g/mol. The number of rotatable bonds is 3. The Morgan fingerprint density at radius 3 is 2.42 bits per heavy atom. The number of carbonyl (C=O) groups excluding carboxylic acids is 1. The third-order valence-corrected chi connectivity index (χ3v) is 5.66. The zero-order valence-corrected chi connectivity index (χ0v) is 18.2. The van der Waals surface area contributed by atoms with Gasteiger partial charge in [0.2, 0.25) is 0 Å². The van der Waals surface area contributed by atoms with E-state index in [0.717, 1.165) is 22.6 Å². The van der Waals surface area contributed by atoms with Gasteiger partial charge in [-0.2, -0.15) is 0 Å². The van der Waals surface area contributed by atoms with Crippen LogP contribution >= 0.6 is 11.6 Å². The first-order valence-corrected chi connectivity index (χ1v) is 10.5. The van der Waals surface area contributed by atoms with Gasteiger partial charge in [-0.1, -0.05) is 17.7 Å². The Hall–Kier alpha value is -3.19. The van der Waals surface area contributed by atoms with Crippen molar-refractivity contribution in [3.8, 4) is 11.4 Å². The summed E-state index contributed by atoms with van der Waals surface area (Å²) in [6.45, 7) is 6.36. The van der Waals surface area contributed by atoms with E-state index in [1.54, 1.807) is 17.0 Å². The Morgan fingerprint density at radius 1 is 1.03 bits per heavy atom. The molecule has 1 aliphatic heterocycles. The molecule has 31 heavy (non-hydrogen) atoms. The number of anilines is 2. The van der Waals surface area contributed by atoms with Crippen LogP contribution < -0.4 is 10.2 Å². The molecule has 2 aromatic carbocycles. The molecule has 6 nitrogen and oxygen atoms in total. The Balaban J connectivity index is 1.47. The van der Waals surface area contributed by atoms with Crippen molar-refractivity contribution in [2.75, 3.05) is 36.4 Å². The summed E-state index contributed by atoms with van der Waals surface area (Å²) in [5.41, 5.74) is 3.29. The number of halogens is 2. The average molecular weight is 440 g/mol. The number of piperazine rings is 1. The van der Waals surface area contributed by atoms with Crippen LogP contribution in [-0.2, 0) is 0 Å². The molecule has 0 saturated carbocycles. The van der Waals surface area contributed by atoms with Gasteiger partial charge in [-0.25, -0.2) is 19.2 Å². The van der Waals surface area contributed by atoms with Gasteiger partial charge in [0, 0.05) is 53.7 Å². The number of nitrogens with zero attached hydrogens (tertiary/aromatic N) is 4. The van der Waals surface area contributed by atoms with Gasteiger partial charge >= 0.3 is 6.03 Å². The van der Waals surface area contributed by atoms with E-state index in [2.05, 4.69) is 15.2 Å². The molecule has 1 N–H and O–H groups in total. The first-order valence-electron chi connectivity index (χ1n) is 10.1. The van der Waals surface area contributed by atoms with E-state index in [1.165, 1.54) is 12.1 Å². The lowest BCUT2D eigenvalue weighted by molar-refractivity contribution is 0.208. The third-order valence-electron chi connectivity index (χ3n) is 5.41. The highest BCUT2D eigenvalue weighted by atomic mass is 35.5. The van der Waals surface area contributed by atoms with E-state index in [0.29, 0.717) is 42.7 Å². The van der Waals surface area contributed by atoms with Gasteiger partial charge in [0.05, 0.1) is 0 Å². The number of hydrogen-bond acceptors (Lipinski definition) is 4. The number of hydrogen-bond donors (Lipinski definition) is 1. The van der Waals surface area contributed by atoms with E-state index in [4.69, 9.17) is 16.6 Å². The minimum absolute atomic E-state index is 0.234. The number of amides is 2. The normalized spacial score (nSPS) is 13.9. The molecule has 0 aliphatic carbocycles. The van der Waals surface area contributed by atoms with Crippen molar-refractivity contribution in [1.29, 1.82) is 0 Å². The summed E-state index contributed by atoms with van der Waals surface area (Å²) in [5, 5.41) is 3.42. The smallest absolute Gasteiger partial charge is 0.321 e. The van der Waals surface area contributed by atoms with Crippen LogP contribution in [0.25, 0.3) is 11.4 Å². The van der Waals surface area contributed by atoms with Crippen LogP contribution in [-0.4, -0.2) is 47.1 Å². The maximum Gasteiger partial charge on any atom is 0.321 e. The molecule has 160 valence electrons. The molecule has 0 unspecified atom stereocenters. The lowest BCUT2D eigenvalue weighted by Crippen LogP contribution is -2.50. The zero-order chi connectivity index (χ0) is 22.0. The van der Waals surface area contributed by atoms with Crippen LogP contribution in [0.5, 0.6) is 0 Å². The number of aryl methyl sites for hydroxylation is 1. The second-order valence-electron chi connectivity index (χ2n) is 7.50. The molecule has 0 radical (unpaired) electrons. The van der Waals surface area contributed by atoms with Gasteiger partial charge in [0.1, 0.15) is 11.6 Å². The maximum atomic E-state index is 13.4. The van der Waals surface area contributed by atoms with E-state index < -0.39 is 0 Å². The van der Waals surface area contributed by atoms with Gasteiger partial charge in [-0.3, -0.25) is 0 Å². The fourth-order valence-corrected chi connectivity index (χ4v) is 3.67. The van der Waals surface area contributed by atoms with Crippen LogP contribution in [0, 0.1) is 19.7 Å². The van der Waals surface area contributed by atoms with Gasteiger partial charge in [-0.05, 0) is 56.3 Å². The van der Waals surface area contributed by atoms with Crippen molar-refractivity contribution in [3.05, 3.63) is 70.6 Å². The minimum atomic E-state index is -0.381. The molecule has 1 aliphatic rings. The van der Waals surface area contributed by atoms with Crippen molar-refractivity contribution in [3.63, 3.8) is 0 Å². The number of urea groups is 1. The van der Waals surface area contributed by atoms with Crippen LogP contribution in [0.4, 0.5) is 20.7 Å². The number of nitrogens with one attached hydrogen (secondary N) is 1. The Morgan fingerprint density at radius 2 is 1.74 bits per heavy atom. The van der Waals surface area contributed by atoms with Crippen molar-refractivity contribution in [2.24, 2.45) is 0 Å². The van der Waals surface area contributed by atoms with Gasteiger partial charge in [0.25, 0.3) is 0 Å². The average Bonchev–Trinajstić information content (AvgIpc) is 2.76. The first kappa shape index (κ1) is 21.1. The van der Waals surface area contributed by atoms with Gasteiger partial charge in [-0.15, -0.1) is 0 Å². The van der Waals surface area contributed by atoms with Crippen LogP contribution in [0.1, 0.15) is 11.3 Å². The number of benzene rings is 2. The molecule has 2 amide bonds. The second kappa shape index (κ2) is 8.89. The highest BCUT2D eigenvalue weighted by Gasteiger charge is 2.24. The molecule has 1 saturated heterocycles. The van der Waals surface area contributed by atoms with Crippen LogP contribution in [0.2, 0.25) is 5.02 Å². The third kappa shape index (κ3) is 4.77. The molecular weight excluding hydrogens is 417 g/mol. The highest BCUT2D eigenvalue weighted by molar-refractivity contribution is 6.30. The van der Waals surface area contributed by atoms with Crippen molar-refractivity contribution >= 4 is 29.1 Å². The number of aromatic nitrogens is 2. The predicted molar refractivity (Wildman–Crippen MR) is 121 cm³/mol. The molecule has 1 fully saturated rings. The van der Waals surface area contributed by atoms with Crippen molar-refractivity contribution in [1.82, 2.24) is 14.9 Å². The summed E-state index contributed by atoms with van der Waals surface area (Å²) in [4.78, 5) is 25.9. The van der Waals surface area contributed by atoms with Crippen molar-refractivity contribution < 1.29 is 9.18 Å². The fraction of sp³-hybridized carbons (Fsp3) is 0.261.